The van der Waals surface area contributed by atoms with E-state index >= 15 is 0 Å². The summed E-state index contributed by atoms with van der Waals surface area (Å²) < 4.78 is 37.3. The standard InChI is InChI=1S/C12H14F3NO2/c1-7-4-3-5-10(8(7)2)16-6-9(11(17)18)12(13,14)15/h3-5,9,16H,6H2,1-2H3,(H,17,18). The molecule has 0 spiro atoms. The molecule has 0 amide bonds. The molecule has 1 atom stereocenters. The lowest BCUT2D eigenvalue weighted by atomic mass is 10.1. The van der Waals surface area contributed by atoms with Crippen molar-refractivity contribution in [1.29, 1.82) is 0 Å². The minimum absolute atomic E-state index is 0.519. The van der Waals surface area contributed by atoms with Gasteiger partial charge in [-0.3, -0.25) is 4.79 Å². The molecule has 1 unspecified atom stereocenters. The molecule has 1 aromatic rings. The van der Waals surface area contributed by atoms with Gasteiger partial charge in [-0.2, -0.15) is 13.2 Å². The normalized spacial score (nSPS) is 13.2. The molecule has 3 nitrogen and oxygen atoms in total. The highest BCUT2D eigenvalue weighted by Gasteiger charge is 2.44. The SMILES string of the molecule is Cc1cccc(NCC(C(=O)O)C(F)(F)F)c1C. The molecule has 0 radical (unpaired) electrons. The minimum Gasteiger partial charge on any atom is -0.481 e. The van der Waals surface area contributed by atoms with Gasteiger partial charge in [-0.05, 0) is 31.0 Å². The number of anilines is 1. The number of halogens is 3. The molecule has 0 fully saturated rings. The zero-order chi connectivity index (χ0) is 13.9. The molecule has 0 bridgehead atoms. The van der Waals surface area contributed by atoms with E-state index in [1.807, 2.05) is 13.0 Å². The van der Waals surface area contributed by atoms with Crippen molar-refractivity contribution < 1.29 is 23.1 Å². The molecule has 1 aromatic carbocycles. The van der Waals surface area contributed by atoms with E-state index in [-0.39, 0.29) is 0 Å². The van der Waals surface area contributed by atoms with Crippen molar-refractivity contribution >= 4 is 11.7 Å². The van der Waals surface area contributed by atoms with Gasteiger partial charge in [0.2, 0.25) is 0 Å². The van der Waals surface area contributed by atoms with E-state index in [1.165, 1.54) is 0 Å². The summed E-state index contributed by atoms with van der Waals surface area (Å²) in [5, 5.41) is 11.1. The van der Waals surface area contributed by atoms with Gasteiger partial charge in [0.05, 0.1) is 0 Å². The summed E-state index contributed by atoms with van der Waals surface area (Å²) in [7, 11) is 0. The van der Waals surface area contributed by atoms with Crippen LogP contribution in [0.2, 0.25) is 0 Å². The fourth-order valence-electron chi connectivity index (χ4n) is 1.50. The van der Waals surface area contributed by atoms with E-state index in [0.717, 1.165) is 11.1 Å². The number of benzene rings is 1. The smallest absolute Gasteiger partial charge is 0.403 e. The van der Waals surface area contributed by atoms with Gasteiger partial charge < -0.3 is 10.4 Å². The van der Waals surface area contributed by atoms with Crippen LogP contribution in [0.25, 0.3) is 0 Å². The number of carboxylic acids is 1. The van der Waals surface area contributed by atoms with Gasteiger partial charge in [0.1, 0.15) is 0 Å². The maximum atomic E-state index is 12.4. The Kier molecular flexibility index (Phi) is 4.21. The predicted octanol–water partition coefficient (Wildman–Crippen LogP) is 2.98. The summed E-state index contributed by atoms with van der Waals surface area (Å²) in [6, 6.07) is 5.16. The van der Waals surface area contributed by atoms with Gasteiger partial charge in [0, 0.05) is 12.2 Å². The molecule has 0 aliphatic heterocycles. The Labute approximate surface area is 103 Å². The van der Waals surface area contributed by atoms with Crippen molar-refractivity contribution in [2.75, 3.05) is 11.9 Å². The van der Waals surface area contributed by atoms with E-state index in [4.69, 9.17) is 5.11 Å². The van der Waals surface area contributed by atoms with Crippen LogP contribution in [-0.2, 0) is 4.79 Å². The second-order valence-electron chi connectivity index (χ2n) is 4.06. The monoisotopic (exact) mass is 261 g/mol. The van der Waals surface area contributed by atoms with Gasteiger partial charge in [-0.1, -0.05) is 12.1 Å². The van der Waals surface area contributed by atoms with Crippen LogP contribution in [-0.4, -0.2) is 23.8 Å². The summed E-state index contributed by atoms with van der Waals surface area (Å²) in [6.07, 6.45) is -4.75. The van der Waals surface area contributed by atoms with Gasteiger partial charge in [0.15, 0.2) is 5.92 Å². The quantitative estimate of drug-likeness (QED) is 0.876. The first-order valence-electron chi connectivity index (χ1n) is 5.33. The third-order valence-electron chi connectivity index (χ3n) is 2.79. The molecule has 18 heavy (non-hydrogen) atoms. The van der Waals surface area contributed by atoms with Crippen LogP contribution in [0.5, 0.6) is 0 Å². The van der Waals surface area contributed by atoms with E-state index < -0.39 is 24.6 Å². The molecule has 0 aromatic heterocycles. The summed E-state index contributed by atoms with van der Waals surface area (Å²) in [4.78, 5) is 10.6. The van der Waals surface area contributed by atoms with Crippen molar-refractivity contribution in [2.24, 2.45) is 5.92 Å². The largest absolute Gasteiger partial charge is 0.481 e. The molecule has 100 valence electrons. The second kappa shape index (κ2) is 5.29. The number of hydrogen-bond donors (Lipinski definition) is 2. The molecule has 1 rings (SSSR count). The second-order valence-corrected chi connectivity index (χ2v) is 4.06. The molecule has 0 heterocycles. The molecule has 0 aliphatic rings. The molecule has 0 aliphatic carbocycles. The van der Waals surface area contributed by atoms with Crippen LogP contribution < -0.4 is 5.32 Å². The first-order valence-corrected chi connectivity index (χ1v) is 5.33. The van der Waals surface area contributed by atoms with Crippen molar-refractivity contribution in [3.8, 4) is 0 Å². The van der Waals surface area contributed by atoms with Crippen LogP contribution in [0.3, 0.4) is 0 Å². The fraction of sp³-hybridized carbons (Fsp3) is 0.417. The summed E-state index contributed by atoms with van der Waals surface area (Å²) in [6.45, 7) is 2.92. The van der Waals surface area contributed by atoms with E-state index in [9.17, 15) is 18.0 Å². The number of rotatable bonds is 4. The minimum atomic E-state index is -4.75. The maximum Gasteiger partial charge on any atom is 0.403 e. The van der Waals surface area contributed by atoms with Gasteiger partial charge in [-0.25, -0.2) is 0 Å². The average Bonchev–Trinajstić information content (AvgIpc) is 2.22. The first kappa shape index (κ1) is 14.3. The van der Waals surface area contributed by atoms with Crippen LogP contribution >= 0.6 is 0 Å². The van der Waals surface area contributed by atoms with Gasteiger partial charge in [-0.15, -0.1) is 0 Å². The van der Waals surface area contributed by atoms with Crippen LogP contribution in [0, 0.1) is 19.8 Å². The Bertz CT molecular complexity index is 443. The highest BCUT2D eigenvalue weighted by Crippen LogP contribution is 2.27. The number of aliphatic carboxylic acids is 1. The number of aryl methyl sites for hydroxylation is 1. The molecular weight excluding hydrogens is 247 g/mol. The van der Waals surface area contributed by atoms with Crippen molar-refractivity contribution in [2.45, 2.75) is 20.0 Å². The lowest BCUT2D eigenvalue weighted by molar-refractivity contribution is -0.190. The highest BCUT2D eigenvalue weighted by molar-refractivity contribution is 5.72. The molecular formula is C12H14F3NO2. The number of carbonyl (C=O) groups is 1. The van der Waals surface area contributed by atoms with Crippen molar-refractivity contribution in [1.82, 2.24) is 0 Å². The molecule has 2 N–H and O–H groups in total. The zero-order valence-electron chi connectivity index (χ0n) is 10.0. The zero-order valence-corrected chi connectivity index (χ0v) is 10.0. The third kappa shape index (κ3) is 3.38. The first-order chi connectivity index (χ1) is 8.23. The number of carboxylic acid groups (broad SMARTS) is 1. The van der Waals surface area contributed by atoms with E-state index in [0.29, 0.717) is 5.69 Å². The number of alkyl halides is 3. The lowest BCUT2D eigenvalue weighted by Gasteiger charge is -2.18. The van der Waals surface area contributed by atoms with Crippen molar-refractivity contribution in [3.05, 3.63) is 29.3 Å². The van der Waals surface area contributed by atoms with Crippen LogP contribution in [0.1, 0.15) is 11.1 Å². The maximum absolute atomic E-state index is 12.4. The lowest BCUT2D eigenvalue weighted by Crippen LogP contribution is -2.36. The predicted molar refractivity (Wildman–Crippen MR) is 61.6 cm³/mol. The van der Waals surface area contributed by atoms with E-state index in [1.54, 1.807) is 19.1 Å². The number of nitrogens with one attached hydrogen (secondary N) is 1. The van der Waals surface area contributed by atoms with Crippen LogP contribution in [0.15, 0.2) is 18.2 Å². The highest BCUT2D eigenvalue weighted by atomic mass is 19.4. The fourth-order valence-corrected chi connectivity index (χ4v) is 1.50. The summed E-state index contributed by atoms with van der Waals surface area (Å²) >= 11 is 0. The topological polar surface area (TPSA) is 49.3 Å². The van der Waals surface area contributed by atoms with Gasteiger partial charge >= 0.3 is 12.1 Å². The Morgan fingerprint density at radius 1 is 1.39 bits per heavy atom. The summed E-state index contributed by atoms with van der Waals surface area (Å²) in [5.74, 6) is -4.28. The third-order valence-corrected chi connectivity index (χ3v) is 2.79. The van der Waals surface area contributed by atoms with Gasteiger partial charge in [0.25, 0.3) is 0 Å². The van der Waals surface area contributed by atoms with E-state index in [2.05, 4.69) is 5.32 Å². The Balaban J connectivity index is 2.80. The summed E-state index contributed by atoms with van der Waals surface area (Å²) in [5.41, 5.74) is 2.26. The molecule has 0 saturated carbocycles. The average molecular weight is 261 g/mol. The van der Waals surface area contributed by atoms with Crippen LogP contribution in [0.4, 0.5) is 18.9 Å². The number of hydrogen-bond acceptors (Lipinski definition) is 2. The molecule has 0 saturated heterocycles. The molecule has 6 heteroatoms. The Hall–Kier alpha value is -1.72. The van der Waals surface area contributed by atoms with Crippen molar-refractivity contribution in [3.63, 3.8) is 0 Å². The Morgan fingerprint density at radius 2 is 2.00 bits per heavy atom. The Morgan fingerprint density at radius 3 is 2.50 bits per heavy atom.